The number of nitrogens with one attached hydrogen (secondary N) is 1. The number of anilines is 1. The van der Waals surface area contributed by atoms with E-state index in [2.05, 4.69) is 17.4 Å². The Balaban J connectivity index is 1.36. The number of hydrogen-bond acceptors (Lipinski definition) is 3. The van der Waals surface area contributed by atoms with Gasteiger partial charge in [0.1, 0.15) is 5.75 Å². The van der Waals surface area contributed by atoms with E-state index in [9.17, 15) is 4.79 Å². The molecule has 0 unspecified atom stereocenters. The van der Waals surface area contributed by atoms with Gasteiger partial charge in [-0.3, -0.25) is 4.79 Å². The monoisotopic (exact) mass is 361 g/mol. The molecule has 0 aromatic heterocycles. The first-order valence-corrected chi connectivity index (χ1v) is 9.62. The molecule has 24 heavy (non-hydrogen) atoms. The maximum absolute atomic E-state index is 12.0. The number of thioether (sulfide) groups is 1. The van der Waals surface area contributed by atoms with Crippen molar-refractivity contribution in [1.82, 2.24) is 0 Å². The SMILES string of the molecule is O=C(CSCCOc1ccccc1Cl)Nc1ccc2c(c1)CCC2. The molecule has 1 amide bonds. The number of halogens is 1. The van der Waals surface area contributed by atoms with E-state index in [1.54, 1.807) is 17.8 Å². The highest BCUT2D eigenvalue weighted by molar-refractivity contribution is 7.99. The Morgan fingerprint density at radius 2 is 2.00 bits per heavy atom. The third-order valence-corrected chi connectivity index (χ3v) is 5.17. The number of hydrogen-bond donors (Lipinski definition) is 1. The van der Waals surface area contributed by atoms with Gasteiger partial charge in [0.25, 0.3) is 0 Å². The molecule has 3 rings (SSSR count). The summed E-state index contributed by atoms with van der Waals surface area (Å²) in [6, 6.07) is 13.6. The number of carbonyl (C=O) groups excluding carboxylic acids is 1. The molecule has 0 saturated carbocycles. The maximum Gasteiger partial charge on any atom is 0.234 e. The van der Waals surface area contributed by atoms with E-state index >= 15 is 0 Å². The van der Waals surface area contributed by atoms with Crippen molar-refractivity contribution < 1.29 is 9.53 Å². The third-order valence-electron chi connectivity index (χ3n) is 3.94. The van der Waals surface area contributed by atoms with Crippen molar-refractivity contribution in [2.75, 3.05) is 23.4 Å². The van der Waals surface area contributed by atoms with Crippen LogP contribution in [0.25, 0.3) is 0 Å². The molecule has 0 heterocycles. The van der Waals surface area contributed by atoms with Gasteiger partial charge in [0.2, 0.25) is 5.91 Å². The summed E-state index contributed by atoms with van der Waals surface area (Å²) in [6.07, 6.45) is 3.49. The Morgan fingerprint density at radius 3 is 2.88 bits per heavy atom. The van der Waals surface area contributed by atoms with Crippen molar-refractivity contribution in [3.63, 3.8) is 0 Å². The second-order valence-corrected chi connectivity index (χ2v) is 7.23. The van der Waals surface area contributed by atoms with E-state index in [4.69, 9.17) is 16.3 Å². The summed E-state index contributed by atoms with van der Waals surface area (Å²) in [5.41, 5.74) is 3.68. The fourth-order valence-corrected chi connectivity index (χ4v) is 3.58. The van der Waals surface area contributed by atoms with Gasteiger partial charge in [-0.05, 0) is 54.7 Å². The number of rotatable bonds is 7. The molecule has 0 saturated heterocycles. The number of carbonyl (C=O) groups is 1. The van der Waals surface area contributed by atoms with Crippen molar-refractivity contribution in [3.8, 4) is 5.75 Å². The molecule has 2 aromatic carbocycles. The summed E-state index contributed by atoms with van der Waals surface area (Å²) in [6.45, 7) is 0.528. The van der Waals surface area contributed by atoms with E-state index in [0.717, 1.165) is 24.3 Å². The number of ether oxygens (including phenoxy) is 1. The summed E-state index contributed by atoms with van der Waals surface area (Å²) < 4.78 is 5.60. The van der Waals surface area contributed by atoms with E-state index in [1.165, 1.54) is 17.5 Å². The Hall–Kier alpha value is -1.65. The summed E-state index contributed by atoms with van der Waals surface area (Å²) in [5, 5.41) is 3.58. The fraction of sp³-hybridized carbons (Fsp3) is 0.316. The number of aryl methyl sites for hydroxylation is 2. The summed E-state index contributed by atoms with van der Waals surface area (Å²) in [7, 11) is 0. The van der Waals surface area contributed by atoms with Gasteiger partial charge in [0.05, 0.1) is 17.4 Å². The second-order valence-electron chi connectivity index (χ2n) is 5.72. The van der Waals surface area contributed by atoms with Crippen LogP contribution in [0, 0.1) is 0 Å². The molecule has 0 fully saturated rings. The minimum Gasteiger partial charge on any atom is -0.491 e. The van der Waals surface area contributed by atoms with Crippen LogP contribution in [-0.4, -0.2) is 24.0 Å². The van der Waals surface area contributed by atoms with Gasteiger partial charge in [-0.25, -0.2) is 0 Å². The zero-order valence-corrected chi connectivity index (χ0v) is 15.0. The van der Waals surface area contributed by atoms with Gasteiger partial charge >= 0.3 is 0 Å². The minimum absolute atomic E-state index is 0.0238. The number of amides is 1. The molecule has 0 atom stereocenters. The Morgan fingerprint density at radius 1 is 1.17 bits per heavy atom. The molecule has 1 aliphatic rings. The first-order valence-electron chi connectivity index (χ1n) is 8.09. The average molecular weight is 362 g/mol. The lowest BCUT2D eigenvalue weighted by molar-refractivity contribution is -0.113. The van der Waals surface area contributed by atoms with Crippen LogP contribution in [0.4, 0.5) is 5.69 Å². The first kappa shape index (κ1) is 17.2. The van der Waals surface area contributed by atoms with E-state index in [0.29, 0.717) is 23.1 Å². The molecular weight excluding hydrogens is 342 g/mol. The summed E-state index contributed by atoms with van der Waals surface area (Å²) in [4.78, 5) is 12.0. The quantitative estimate of drug-likeness (QED) is 0.733. The molecule has 0 aliphatic heterocycles. The van der Waals surface area contributed by atoms with E-state index in [-0.39, 0.29) is 5.91 Å². The molecule has 0 spiro atoms. The van der Waals surface area contributed by atoms with Crippen molar-refractivity contribution in [3.05, 3.63) is 58.6 Å². The van der Waals surface area contributed by atoms with Crippen LogP contribution in [0.15, 0.2) is 42.5 Å². The van der Waals surface area contributed by atoms with E-state index in [1.807, 2.05) is 24.3 Å². The number of para-hydroxylation sites is 1. The normalized spacial score (nSPS) is 12.7. The molecular formula is C19H20ClNO2S. The number of benzene rings is 2. The van der Waals surface area contributed by atoms with Crippen molar-refractivity contribution in [1.29, 1.82) is 0 Å². The predicted octanol–water partition coefficient (Wildman–Crippen LogP) is 4.58. The topological polar surface area (TPSA) is 38.3 Å². The smallest absolute Gasteiger partial charge is 0.234 e. The zero-order valence-electron chi connectivity index (χ0n) is 13.4. The fourth-order valence-electron chi connectivity index (χ4n) is 2.78. The van der Waals surface area contributed by atoms with Crippen LogP contribution < -0.4 is 10.1 Å². The summed E-state index contributed by atoms with van der Waals surface area (Å²) >= 11 is 7.57. The van der Waals surface area contributed by atoms with Crippen LogP contribution >= 0.6 is 23.4 Å². The van der Waals surface area contributed by atoms with Crippen molar-refractivity contribution >= 4 is 35.0 Å². The van der Waals surface area contributed by atoms with Crippen LogP contribution in [0.1, 0.15) is 17.5 Å². The Kier molecular flexibility index (Phi) is 6.05. The summed E-state index contributed by atoms with van der Waals surface area (Å²) in [5.74, 6) is 1.87. The Labute approximate surface area is 151 Å². The van der Waals surface area contributed by atoms with Crippen molar-refractivity contribution in [2.24, 2.45) is 0 Å². The lowest BCUT2D eigenvalue weighted by Crippen LogP contribution is -2.15. The minimum atomic E-state index is 0.0238. The zero-order chi connectivity index (χ0) is 16.8. The van der Waals surface area contributed by atoms with E-state index < -0.39 is 0 Å². The van der Waals surface area contributed by atoms with Crippen LogP contribution in [0.3, 0.4) is 0 Å². The lowest BCUT2D eigenvalue weighted by Gasteiger charge is -2.09. The van der Waals surface area contributed by atoms with Gasteiger partial charge in [-0.1, -0.05) is 29.8 Å². The maximum atomic E-state index is 12.0. The molecule has 3 nitrogen and oxygen atoms in total. The molecule has 0 radical (unpaired) electrons. The molecule has 0 bridgehead atoms. The molecule has 5 heteroatoms. The van der Waals surface area contributed by atoms with Gasteiger partial charge in [-0.2, -0.15) is 0 Å². The third kappa shape index (κ3) is 4.68. The second kappa shape index (κ2) is 8.45. The largest absolute Gasteiger partial charge is 0.491 e. The van der Waals surface area contributed by atoms with Crippen LogP contribution in [-0.2, 0) is 17.6 Å². The first-order chi connectivity index (χ1) is 11.7. The average Bonchev–Trinajstić information content (AvgIpc) is 3.04. The standard InChI is InChI=1S/C19H20ClNO2S/c20-17-6-1-2-7-18(17)23-10-11-24-13-19(22)21-16-9-8-14-4-3-5-15(14)12-16/h1-2,6-9,12H,3-5,10-11,13H2,(H,21,22). The lowest BCUT2D eigenvalue weighted by atomic mass is 10.1. The van der Waals surface area contributed by atoms with Crippen molar-refractivity contribution in [2.45, 2.75) is 19.3 Å². The molecule has 1 N–H and O–H groups in total. The molecule has 2 aromatic rings. The Bertz CT molecular complexity index is 720. The van der Waals surface area contributed by atoms with Gasteiger partial charge in [-0.15, -0.1) is 11.8 Å². The predicted molar refractivity (Wildman–Crippen MR) is 101 cm³/mol. The van der Waals surface area contributed by atoms with Crippen LogP contribution in [0.5, 0.6) is 5.75 Å². The molecule has 126 valence electrons. The highest BCUT2D eigenvalue weighted by atomic mass is 35.5. The molecule has 1 aliphatic carbocycles. The highest BCUT2D eigenvalue weighted by Gasteiger charge is 2.11. The van der Waals surface area contributed by atoms with Crippen LogP contribution in [0.2, 0.25) is 5.02 Å². The number of fused-ring (bicyclic) bond motifs is 1. The van der Waals surface area contributed by atoms with Gasteiger partial charge < -0.3 is 10.1 Å². The van der Waals surface area contributed by atoms with Gasteiger partial charge in [0.15, 0.2) is 0 Å². The van der Waals surface area contributed by atoms with Gasteiger partial charge in [0, 0.05) is 11.4 Å². The highest BCUT2D eigenvalue weighted by Crippen LogP contribution is 2.25.